The van der Waals surface area contributed by atoms with Gasteiger partial charge in [0.1, 0.15) is 5.76 Å². The summed E-state index contributed by atoms with van der Waals surface area (Å²) in [6.07, 6.45) is 1.96. The number of carbonyl (C=O) groups is 1. The summed E-state index contributed by atoms with van der Waals surface area (Å²) in [5, 5.41) is 0.706. The molecular formula is C23H22N2O2S. The zero-order chi connectivity index (χ0) is 19.7. The van der Waals surface area contributed by atoms with E-state index in [1.807, 2.05) is 43.3 Å². The van der Waals surface area contributed by atoms with E-state index in [1.54, 1.807) is 22.5 Å². The van der Waals surface area contributed by atoms with Crippen LogP contribution in [0.3, 0.4) is 0 Å². The lowest BCUT2D eigenvalue weighted by molar-refractivity contribution is -0.118. The molecule has 0 unspecified atom stereocenters. The lowest BCUT2D eigenvalue weighted by Crippen LogP contribution is -2.31. The molecule has 1 amide bonds. The van der Waals surface area contributed by atoms with Crippen LogP contribution >= 0.6 is 11.3 Å². The van der Waals surface area contributed by atoms with Gasteiger partial charge in [-0.2, -0.15) is 0 Å². The predicted octanol–water partition coefficient (Wildman–Crippen LogP) is 5.59. The van der Waals surface area contributed by atoms with Crippen LogP contribution in [0.4, 0.5) is 5.13 Å². The van der Waals surface area contributed by atoms with Gasteiger partial charge in [-0.1, -0.05) is 47.2 Å². The highest BCUT2D eigenvalue weighted by Gasteiger charge is 2.22. The summed E-state index contributed by atoms with van der Waals surface area (Å²) < 4.78 is 6.59. The van der Waals surface area contributed by atoms with Gasteiger partial charge in [0.2, 0.25) is 5.91 Å². The van der Waals surface area contributed by atoms with Crippen LogP contribution < -0.4 is 4.90 Å². The fourth-order valence-corrected chi connectivity index (χ4v) is 4.17. The van der Waals surface area contributed by atoms with Crippen LogP contribution in [0.1, 0.15) is 28.0 Å². The number of thiazole rings is 1. The molecule has 0 saturated heterocycles. The van der Waals surface area contributed by atoms with Gasteiger partial charge < -0.3 is 4.42 Å². The fourth-order valence-electron chi connectivity index (χ4n) is 3.13. The van der Waals surface area contributed by atoms with Crippen LogP contribution in [-0.2, 0) is 17.8 Å². The van der Waals surface area contributed by atoms with Crippen LogP contribution in [0, 0.1) is 20.8 Å². The van der Waals surface area contributed by atoms with Crippen molar-refractivity contribution in [3.05, 3.63) is 82.8 Å². The minimum absolute atomic E-state index is 0.00804. The number of rotatable bonds is 5. The summed E-state index contributed by atoms with van der Waals surface area (Å²) >= 11 is 1.54. The number of furan rings is 1. The number of hydrogen-bond acceptors (Lipinski definition) is 4. The normalized spacial score (nSPS) is 11.1. The number of aryl methyl sites for hydroxylation is 3. The van der Waals surface area contributed by atoms with Crippen molar-refractivity contribution in [1.82, 2.24) is 4.98 Å². The van der Waals surface area contributed by atoms with Gasteiger partial charge in [-0.25, -0.2) is 4.98 Å². The minimum atomic E-state index is 0.00804. The molecular weight excluding hydrogens is 368 g/mol. The van der Waals surface area contributed by atoms with Gasteiger partial charge in [-0.3, -0.25) is 9.69 Å². The van der Waals surface area contributed by atoms with E-state index in [0.29, 0.717) is 18.1 Å². The van der Waals surface area contributed by atoms with Crippen molar-refractivity contribution in [2.75, 3.05) is 4.90 Å². The van der Waals surface area contributed by atoms with Crippen molar-refractivity contribution in [2.24, 2.45) is 0 Å². The lowest BCUT2D eigenvalue weighted by atomic mass is 10.1. The average molecular weight is 391 g/mol. The molecule has 0 spiro atoms. The van der Waals surface area contributed by atoms with Gasteiger partial charge in [0.25, 0.3) is 0 Å². The summed E-state index contributed by atoms with van der Waals surface area (Å²) in [6, 6.07) is 16.0. The summed E-state index contributed by atoms with van der Waals surface area (Å²) in [5.74, 6) is 0.748. The number of fused-ring (bicyclic) bond motifs is 1. The molecule has 2 aromatic heterocycles. The number of carbonyl (C=O) groups excluding carboxylic acids is 1. The Morgan fingerprint density at radius 1 is 1.07 bits per heavy atom. The number of benzene rings is 2. The number of anilines is 1. The molecule has 0 aliphatic rings. The molecule has 0 fully saturated rings. The number of hydrogen-bond donors (Lipinski definition) is 0. The second-order valence-corrected chi connectivity index (χ2v) is 8.08. The van der Waals surface area contributed by atoms with Crippen molar-refractivity contribution >= 4 is 32.6 Å². The Balaban J connectivity index is 1.69. The number of amides is 1. The molecule has 4 nitrogen and oxygen atoms in total. The highest BCUT2D eigenvalue weighted by molar-refractivity contribution is 7.22. The Hall–Kier alpha value is -2.92. The molecule has 0 atom stereocenters. The Bertz CT molecular complexity index is 1110. The van der Waals surface area contributed by atoms with Crippen molar-refractivity contribution in [1.29, 1.82) is 0 Å². The molecule has 0 aliphatic heterocycles. The van der Waals surface area contributed by atoms with E-state index in [4.69, 9.17) is 9.40 Å². The van der Waals surface area contributed by atoms with Crippen molar-refractivity contribution in [3.63, 3.8) is 0 Å². The van der Waals surface area contributed by atoms with Crippen molar-refractivity contribution in [3.8, 4) is 0 Å². The van der Waals surface area contributed by atoms with Crippen LogP contribution in [0.15, 0.2) is 59.2 Å². The monoisotopic (exact) mass is 390 g/mol. The smallest absolute Gasteiger partial charge is 0.233 e. The fraction of sp³-hybridized carbons (Fsp3) is 0.217. The zero-order valence-electron chi connectivity index (χ0n) is 16.2. The van der Waals surface area contributed by atoms with Crippen LogP contribution in [-0.4, -0.2) is 10.9 Å². The first-order valence-corrected chi connectivity index (χ1v) is 10.1. The van der Waals surface area contributed by atoms with E-state index in [2.05, 4.69) is 26.0 Å². The third-order valence-electron chi connectivity index (χ3n) is 4.98. The maximum Gasteiger partial charge on any atom is 0.233 e. The van der Waals surface area contributed by atoms with Crippen LogP contribution in [0.25, 0.3) is 10.2 Å². The molecule has 0 radical (unpaired) electrons. The summed E-state index contributed by atoms with van der Waals surface area (Å²) in [6.45, 7) is 6.57. The average Bonchev–Trinajstić information content (AvgIpc) is 3.34. The van der Waals surface area contributed by atoms with Gasteiger partial charge in [-0.15, -0.1) is 0 Å². The molecule has 0 aliphatic carbocycles. The van der Waals surface area contributed by atoms with Gasteiger partial charge in [0.15, 0.2) is 5.13 Å². The second kappa shape index (κ2) is 7.60. The first kappa shape index (κ1) is 18.4. The maximum absolute atomic E-state index is 13.2. The molecule has 5 heteroatoms. The summed E-state index contributed by atoms with van der Waals surface area (Å²) in [7, 11) is 0. The van der Waals surface area contributed by atoms with Gasteiger partial charge in [0.05, 0.1) is 29.4 Å². The molecule has 2 aromatic carbocycles. The third-order valence-corrected chi connectivity index (χ3v) is 6.02. The molecule has 142 valence electrons. The molecule has 4 aromatic rings. The molecule has 0 saturated carbocycles. The predicted molar refractivity (Wildman–Crippen MR) is 114 cm³/mol. The van der Waals surface area contributed by atoms with Crippen molar-refractivity contribution < 1.29 is 9.21 Å². The molecule has 28 heavy (non-hydrogen) atoms. The molecule has 2 heterocycles. The molecule has 4 rings (SSSR count). The van der Waals surface area contributed by atoms with Crippen LogP contribution in [0.2, 0.25) is 0 Å². The summed E-state index contributed by atoms with van der Waals surface area (Å²) in [4.78, 5) is 19.8. The number of nitrogens with zero attached hydrogens (tertiary/aromatic N) is 2. The highest BCUT2D eigenvalue weighted by Crippen LogP contribution is 2.33. The van der Waals surface area contributed by atoms with Crippen molar-refractivity contribution in [2.45, 2.75) is 33.7 Å². The van der Waals surface area contributed by atoms with Gasteiger partial charge in [-0.05, 0) is 55.7 Å². The van der Waals surface area contributed by atoms with Gasteiger partial charge >= 0.3 is 0 Å². The minimum Gasteiger partial charge on any atom is -0.467 e. The quantitative estimate of drug-likeness (QED) is 0.446. The van der Waals surface area contributed by atoms with Crippen LogP contribution in [0.5, 0.6) is 0 Å². The van der Waals surface area contributed by atoms with E-state index in [-0.39, 0.29) is 5.91 Å². The van der Waals surface area contributed by atoms with E-state index >= 15 is 0 Å². The second-order valence-electron chi connectivity index (χ2n) is 7.07. The molecule has 0 N–H and O–H groups in total. The third kappa shape index (κ3) is 3.71. The Labute approximate surface area is 168 Å². The van der Waals surface area contributed by atoms with E-state index in [9.17, 15) is 4.79 Å². The van der Waals surface area contributed by atoms with E-state index in [1.165, 1.54) is 11.1 Å². The summed E-state index contributed by atoms with van der Waals surface area (Å²) in [5.41, 5.74) is 5.50. The zero-order valence-corrected chi connectivity index (χ0v) is 17.0. The van der Waals surface area contributed by atoms with Gasteiger partial charge in [0, 0.05) is 0 Å². The first-order valence-electron chi connectivity index (χ1n) is 9.26. The number of aromatic nitrogens is 1. The first-order chi connectivity index (χ1) is 13.5. The largest absolute Gasteiger partial charge is 0.467 e. The standard InChI is InChI=1S/C23H22N2O2S/c1-15-6-9-18(10-7-15)13-21(26)25(14-19-5-4-12-27-19)23-24-22-17(3)16(2)8-11-20(22)28-23/h4-12H,13-14H2,1-3H3. The maximum atomic E-state index is 13.2. The Kier molecular flexibility index (Phi) is 5.01. The Morgan fingerprint density at radius 3 is 2.57 bits per heavy atom. The topological polar surface area (TPSA) is 46.3 Å². The molecule has 0 bridgehead atoms. The van der Waals surface area contributed by atoms with E-state index in [0.717, 1.165) is 27.1 Å². The Morgan fingerprint density at radius 2 is 1.86 bits per heavy atom. The SMILES string of the molecule is Cc1ccc(CC(=O)N(Cc2ccco2)c2nc3c(C)c(C)ccc3s2)cc1. The highest BCUT2D eigenvalue weighted by atomic mass is 32.1. The lowest BCUT2D eigenvalue weighted by Gasteiger charge is -2.19. The van der Waals surface area contributed by atoms with E-state index < -0.39 is 0 Å².